The summed E-state index contributed by atoms with van der Waals surface area (Å²) in [6.07, 6.45) is 0.900. The highest BCUT2D eigenvalue weighted by Gasteiger charge is 2.24. The van der Waals surface area contributed by atoms with Crippen molar-refractivity contribution >= 4 is 27.3 Å². The van der Waals surface area contributed by atoms with Crippen molar-refractivity contribution in [2.75, 3.05) is 69.0 Å². The lowest BCUT2D eigenvalue weighted by Gasteiger charge is -2.33. The van der Waals surface area contributed by atoms with E-state index < -0.39 is 10.0 Å². The fourth-order valence-corrected chi connectivity index (χ4v) is 5.67. The van der Waals surface area contributed by atoms with E-state index in [2.05, 4.69) is 33.7 Å². The van der Waals surface area contributed by atoms with Crippen LogP contribution < -0.4 is 14.9 Å². The zero-order chi connectivity index (χ0) is 25.0. The molecule has 2 aromatic carbocycles. The predicted octanol–water partition coefficient (Wildman–Crippen LogP) is 2.48. The molecule has 0 bridgehead atoms. The second kappa shape index (κ2) is 11.0. The van der Waals surface area contributed by atoms with Gasteiger partial charge in [-0.1, -0.05) is 26.0 Å². The molecule has 2 aromatic rings. The first kappa shape index (κ1) is 25.5. The Morgan fingerprint density at radius 3 is 2.26 bits per heavy atom. The molecule has 190 valence electrons. The van der Waals surface area contributed by atoms with E-state index in [9.17, 15) is 13.2 Å². The molecule has 0 atom stereocenters. The number of nitrogens with zero attached hydrogens (tertiary/aromatic N) is 3. The van der Waals surface area contributed by atoms with E-state index in [4.69, 9.17) is 0 Å². The van der Waals surface area contributed by atoms with Gasteiger partial charge in [0.05, 0.1) is 16.3 Å². The van der Waals surface area contributed by atoms with Gasteiger partial charge in [-0.25, -0.2) is 8.42 Å². The van der Waals surface area contributed by atoms with Crippen LogP contribution >= 0.6 is 0 Å². The highest BCUT2D eigenvalue weighted by molar-refractivity contribution is 7.92. The average molecular weight is 500 g/mol. The highest BCUT2D eigenvalue weighted by Crippen LogP contribution is 2.31. The molecule has 0 saturated carbocycles. The number of likely N-dealkylation sites (N-methyl/N-ethyl adjacent to an activating group) is 1. The van der Waals surface area contributed by atoms with E-state index in [-0.39, 0.29) is 10.8 Å². The molecule has 2 aliphatic heterocycles. The van der Waals surface area contributed by atoms with Crippen molar-refractivity contribution in [3.05, 3.63) is 53.6 Å². The minimum absolute atomic E-state index is 0.0663. The van der Waals surface area contributed by atoms with Crippen LogP contribution in [0.2, 0.25) is 0 Å². The molecule has 9 heteroatoms. The third-order valence-corrected chi connectivity index (χ3v) is 8.00. The first-order chi connectivity index (χ1) is 16.7. The Balaban J connectivity index is 1.62. The van der Waals surface area contributed by atoms with E-state index in [1.165, 1.54) is 0 Å². The zero-order valence-electron chi connectivity index (χ0n) is 21.0. The third-order valence-electron chi connectivity index (χ3n) is 6.61. The summed E-state index contributed by atoms with van der Waals surface area (Å²) in [6.45, 7) is 10.5. The van der Waals surface area contributed by atoms with Gasteiger partial charge in [-0.2, -0.15) is 0 Å². The van der Waals surface area contributed by atoms with Crippen LogP contribution in [-0.4, -0.2) is 83.5 Å². The van der Waals surface area contributed by atoms with Gasteiger partial charge in [-0.15, -0.1) is 0 Å². The van der Waals surface area contributed by atoms with Gasteiger partial charge in [-0.05, 0) is 55.3 Å². The lowest BCUT2D eigenvalue weighted by molar-refractivity contribution is 0.0664. The Morgan fingerprint density at radius 2 is 1.63 bits per heavy atom. The number of benzene rings is 2. The van der Waals surface area contributed by atoms with Crippen molar-refractivity contribution in [2.45, 2.75) is 25.2 Å². The second-order valence-electron chi connectivity index (χ2n) is 9.91. The third kappa shape index (κ3) is 6.34. The number of piperazine rings is 2. The fraction of sp³-hybridized carbons (Fsp3) is 0.500. The molecule has 2 heterocycles. The smallest absolute Gasteiger partial charge is 0.261 e. The summed E-state index contributed by atoms with van der Waals surface area (Å²) in [7, 11) is -1.77. The molecule has 0 radical (unpaired) electrons. The van der Waals surface area contributed by atoms with E-state index >= 15 is 0 Å². The quantitative estimate of drug-likeness (QED) is 0.609. The topological polar surface area (TPSA) is 85.0 Å². The molecule has 1 amide bonds. The summed E-state index contributed by atoms with van der Waals surface area (Å²) in [4.78, 5) is 19.6. The lowest BCUT2D eigenvalue weighted by Crippen LogP contribution is -2.47. The number of hydrogen-bond acceptors (Lipinski definition) is 6. The fourth-order valence-electron chi connectivity index (χ4n) is 4.60. The number of hydrogen-bond donors (Lipinski definition) is 2. The Labute approximate surface area is 209 Å². The van der Waals surface area contributed by atoms with Gasteiger partial charge in [0.1, 0.15) is 0 Å². The Bertz CT molecular complexity index is 1120. The summed E-state index contributed by atoms with van der Waals surface area (Å²) < 4.78 is 29.5. The van der Waals surface area contributed by atoms with Gasteiger partial charge in [-0.3, -0.25) is 9.52 Å². The number of nitrogens with one attached hydrogen (secondary N) is 2. The van der Waals surface area contributed by atoms with Crippen LogP contribution in [0.4, 0.5) is 11.4 Å². The van der Waals surface area contributed by atoms with Crippen LogP contribution in [0.3, 0.4) is 0 Å². The molecular weight excluding hydrogens is 462 g/mol. The predicted molar refractivity (Wildman–Crippen MR) is 141 cm³/mol. The van der Waals surface area contributed by atoms with Crippen LogP contribution in [0.25, 0.3) is 0 Å². The number of carbonyl (C=O) groups is 1. The Kier molecular flexibility index (Phi) is 7.98. The maximum Gasteiger partial charge on any atom is 0.261 e. The minimum Gasteiger partial charge on any atom is -0.367 e. The van der Waals surface area contributed by atoms with Gasteiger partial charge >= 0.3 is 0 Å². The van der Waals surface area contributed by atoms with Gasteiger partial charge < -0.3 is 20.0 Å². The van der Waals surface area contributed by atoms with Gasteiger partial charge in [0, 0.05) is 57.9 Å². The summed E-state index contributed by atoms with van der Waals surface area (Å²) in [5.41, 5.74) is 2.85. The first-order valence-electron chi connectivity index (χ1n) is 12.4. The normalized spacial score (nSPS) is 17.6. The van der Waals surface area contributed by atoms with Crippen LogP contribution in [0.15, 0.2) is 47.4 Å². The molecule has 2 N–H and O–H groups in total. The number of carbonyl (C=O) groups excluding carboxylic acids is 1. The van der Waals surface area contributed by atoms with Crippen LogP contribution in [0.1, 0.15) is 29.8 Å². The number of anilines is 2. The SMILES string of the molecule is CC(C)Cc1ccc(S(=O)(=O)Nc2cc(C(=O)N3CCN(C)CC3)ccc2N2CCNCC2)cc1. The molecular formula is C26H37N5O3S. The molecule has 35 heavy (non-hydrogen) atoms. The standard InChI is InChI=1S/C26H37N5O3S/c1-20(2)18-21-4-7-23(8-5-21)35(33,34)28-24-19-22(26(32)31-16-14-29(3)15-17-31)6-9-25(24)30-12-10-27-11-13-30/h4-9,19-20,27-28H,10-18H2,1-3H3. The summed E-state index contributed by atoms with van der Waals surface area (Å²) in [6, 6.07) is 12.4. The molecule has 8 nitrogen and oxygen atoms in total. The first-order valence-corrected chi connectivity index (χ1v) is 13.9. The summed E-state index contributed by atoms with van der Waals surface area (Å²) in [5, 5.41) is 3.33. The van der Waals surface area contributed by atoms with E-state index in [1.807, 2.05) is 36.2 Å². The minimum atomic E-state index is -3.82. The van der Waals surface area contributed by atoms with Crippen molar-refractivity contribution in [1.29, 1.82) is 0 Å². The van der Waals surface area contributed by atoms with E-state index in [0.29, 0.717) is 30.3 Å². The average Bonchev–Trinajstić information content (AvgIpc) is 2.84. The maximum absolute atomic E-state index is 13.3. The van der Waals surface area contributed by atoms with E-state index in [1.54, 1.807) is 18.2 Å². The molecule has 0 spiro atoms. The lowest BCUT2D eigenvalue weighted by atomic mass is 10.0. The molecule has 0 aliphatic carbocycles. The van der Waals surface area contributed by atoms with Gasteiger partial charge in [0.2, 0.25) is 0 Å². The monoisotopic (exact) mass is 499 g/mol. The second-order valence-corrected chi connectivity index (χ2v) is 11.6. The van der Waals surface area contributed by atoms with Crippen molar-refractivity contribution < 1.29 is 13.2 Å². The van der Waals surface area contributed by atoms with Crippen molar-refractivity contribution in [2.24, 2.45) is 5.92 Å². The highest BCUT2D eigenvalue weighted by atomic mass is 32.2. The van der Waals surface area contributed by atoms with Crippen LogP contribution in [-0.2, 0) is 16.4 Å². The molecule has 4 rings (SSSR count). The number of amides is 1. The number of rotatable bonds is 7. The Morgan fingerprint density at radius 1 is 0.971 bits per heavy atom. The van der Waals surface area contributed by atoms with Crippen molar-refractivity contribution in [3.8, 4) is 0 Å². The summed E-state index contributed by atoms with van der Waals surface area (Å²) in [5.74, 6) is 0.432. The van der Waals surface area contributed by atoms with Crippen molar-refractivity contribution in [1.82, 2.24) is 15.1 Å². The zero-order valence-corrected chi connectivity index (χ0v) is 21.8. The van der Waals surface area contributed by atoms with E-state index in [0.717, 1.165) is 56.9 Å². The molecule has 0 unspecified atom stereocenters. The summed E-state index contributed by atoms with van der Waals surface area (Å²) >= 11 is 0. The van der Waals surface area contributed by atoms with Crippen LogP contribution in [0, 0.1) is 5.92 Å². The molecule has 2 saturated heterocycles. The molecule has 2 fully saturated rings. The molecule has 0 aromatic heterocycles. The molecule has 2 aliphatic rings. The largest absolute Gasteiger partial charge is 0.367 e. The van der Waals surface area contributed by atoms with Gasteiger partial charge in [0.25, 0.3) is 15.9 Å². The number of sulfonamides is 1. The van der Waals surface area contributed by atoms with Gasteiger partial charge in [0.15, 0.2) is 0 Å². The Hall–Kier alpha value is -2.62. The van der Waals surface area contributed by atoms with Crippen LogP contribution in [0.5, 0.6) is 0 Å². The van der Waals surface area contributed by atoms with Crippen molar-refractivity contribution in [3.63, 3.8) is 0 Å². The maximum atomic E-state index is 13.3.